The van der Waals surface area contributed by atoms with Crippen LogP contribution in [0, 0.1) is 19.8 Å². The Bertz CT molecular complexity index is 686. The molecule has 0 amide bonds. The van der Waals surface area contributed by atoms with Crippen LogP contribution in [0.25, 0.3) is 0 Å². The molecule has 1 aromatic heterocycles. The van der Waals surface area contributed by atoms with Crippen LogP contribution in [0.15, 0.2) is 12.2 Å². The fourth-order valence-corrected chi connectivity index (χ4v) is 2.99. The highest BCUT2D eigenvalue weighted by Crippen LogP contribution is 2.23. The number of nitrogens with one attached hydrogen (secondary N) is 1. The van der Waals surface area contributed by atoms with E-state index in [9.17, 15) is 14.4 Å². The summed E-state index contributed by atoms with van der Waals surface area (Å²) in [6, 6.07) is 0. The second kappa shape index (κ2) is 7.47. The van der Waals surface area contributed by atoms with E-state index in [1.807, 2.05) is 12.2 Å². The summed E-state index contributed by atoms with van der Waals surface area (Å²) in [5, 5.41) is 0. The Morgan fingerprint density at radius 1 is 1.33 bits per heavy atom. The van der Waals surface area contributed by atoms with Gasteiger partial charge in [0.05, 0.1) is 24.8 Å². The molecule has 0 fully saturated rings. The van der Waals surface area contributed by atoms with Crippen LogP contribution in [0.1, 0.15) is 58.3 Å². The molecule has 1 N–H and O–H groups in total. The molecule has 0 radical (unpaired) electrons. The summed E-state index contributed by atoms with van der Waals surface area (Å²) in [7, 11) is 1.29. The zero-order valence-corrected chi connectivity index (χ0v) is 14.5. The van der Waals surface area contributed by atoms with E-state index < -0.39 is 12.1 Å². The maximum atomic E-state index is 12.5. The van der Waals surface area contributed by atoms with Crippen LogP contribution >= 0.6 is 0 Å². The number of methoxy groups -OCH3 is 1. The highest BCUT2D eigenvalue weighted by molar-refractivity contribution is 6.03. The standard InChI is InChI=1S/C18H23NO5/c1-10-15(18(22)23-4)11(2)19-16(10)17(21)12(3)24-14(20)9-13-7-5-6-8-13/h5,7,12-13,19H,6,8-9H2,1-4H3/t12-,13+/m0/s1. The predicted octanol–water partition coefficient (Wildman–Crippen LogP) is 2.89. The quantitative estimate of drug-likeness (QED) is 0.491. The van der Waals surface area contributed by atoms with E-state index in [0.29, 0.717) is 16.8 Å². The third-order valence-electron chi connectivity index (χ3n) is 4.29. The summed E-state index contributed by atoms with van der Waals surface area (Å²) in [6.45, 7) is 4.90. The molecule has 1 heterocycles. The first kappa shape index (κ1) is 18.0. The van der Waals surface area contributed by atoms with Gasteiger partial charge in [-0.1, -0.05) is 12.2 Å². The smallest absolute Gasteiger partial charge is 0.339 e. The van der Waals surface area contributed by atoms with Gasteiger partial charge in [-0.2, -0.15) is 0 Å². The lowest BCUT2D eigenvalue weighted by molar-refractivity contribution is -0.147. The number of hydrogen-bond donors (Lipinski definition) is 1. The van der Waals surface area contributed by atoms with Crippen molar-refractivity contribution in [2.75, 3.05) is 7.11 Å². The molecule has 0 saturated carbocycles. The minimum Gasteiger partial charge on any atom is -0.465 e. The van der Waals surface area contributed by atoms with Gasteiger partial charge in [0.25, 0.3) is 0 Å². The summed E-state index contributed by atoms with van der Waals surface area (Å²) >= 11 is 0. The molecule has 0 unspecified atom stereocenters. The number of ether oxygens (including phenoxy) is 2. The average molecular weight is 333 g/mol. The minimum absolute atomic E-state index is 0.195. The molecular weight excluding hydrogens is 310 g/mol. The SMILES string of the molecule is COC(=O)c1c(C)[nH]c(C(=O)[C@H](C)OC(=O)C[C@@H]2C=CCC2)c1C. The second-order valence-electron chi connectivity index (χ2n) is 6.08. The lowest BCUT2D eigenvalue weighted by atomic mass is 10.0. The first-order chi connectivity index (χ1) is 11.3. The zero-order valence-electron chi connectivity index (χ0n) is 14.5. The third kappa shape index (κ3) is 3.75. The Balaban J connectivity index is 2.06. The van der Waals surface area contributed by atoms with Crippen LogP contribution in [0.2, 0.25) is 0 Å². The first-order valence-electron chi connectivity index (χ1n) is 8.03. The largest absolute Gasteiger partial charge is 0.465 e. The van der Waals surface area contributed by atoms with Gasteiger partial charge in [-0.05, 0) is 45.1 Å². The molecule has 6 heteroatoms. The van der Waals surface area contributed by atoms with Crippen molar-refractivity contribution in [1.82, 2.24) is 4.98 Å². The lowest BCUT2D eigenvalue weighted by Crippen LogP contribution is -2.26. The van der Waals surface area contributed by atoms with E-state index in [-0.39, 0.29) is 29.8 Å². The Morgan fingerprint density at radius 3 is 2.62 bits per heavy atom. The van der Waals surface area contributed by atoms with Gasteiger partial charge in [-0.25, -0.2) is 4.79 Å². The number of aromatic nitrogens is 1. The molecule has 1 aliphatic carbocycles. The highest BCUT2D eigenvalue weighted by Gasteiger charge is 2.27. The maximum Gasteiger partial charge on any atom is 0.339 e. The van der Waals surface area contributed by atoms with Crippen molar-refractivity contribution in [1.29, 1.82) is 0 Å². The number of esters is 2. The summed E-state index contributed by atoms with van der Waals surface area (Å²) < 4.78 is 9.99. The van der Waals surface area contributed by atoms with Crippen LogP contribution in [0.4, 0.5) is 0 Å². The number of ketones is 1. The fourth-order valence-electron chi connectivity index (χ4n) is 2.99. The number of carbonyl (C=O) groups excluding carboxylic acids is 3. The van der Waals surface area contributed by atoms with Crippen molar-refractivity contribution in [2.45, 2.75) is 46.1 Å². The van der Waals surface area contributed by atoms with E-state index in [4.69, 9.17) is 9.47 Å². The van der Waals surface area contributed by atoms with E-state index in [1.165, 1.54) is 14.0 Å². The van der Waals surface area contributed by atoms with Crippen LogP contribution in [-0.2, 0) is 14.3 Å². The molecule has 6 nitrogen and oxygen atoms in total. The number of aryl methyl sites for hydroxylation is 1. The Kier molecular flexibility index (Phi) is 5.59. The molecule has 2 atom stereocenters. The van der Waals surface area contributed by atoms with Gasteiger partial charge in [0.2, 0.25) is 5.78 Å². The van der Waals surface area contributed by atoms with Crippen LogP contribution in [0.3, 0.4) is 0 Å². The number of rotatable bonds is 6. The molecule has 0 bridgehead atoms. The molecule has 130 valence electrons. The average Bonchev–Trinajstić information content (AvgIpc) is 3.13. The van der Waals surface area contributed by atoms with E-state index in [0.717, 1.165) is 12.8 Å². The summed E-state index contributed by atoms with van der Waals surface area (Å²) in [6.07, 6.45) is 5.34. The molecule has 0 aliphatic heterocycles. The fraction of sp³-hybridized carbons (Fsp3) is 0.500. The van der Waals surface area contributed by atoms with Crippen molar-refractivity contribution in [3.05, 3.63) is 34.7 Å². The van der Waals surface area contributed by atoms with Gasteiger partial charge in [0.15, 0.2) is 6.10 Å². The minimum atomic E-state index is -0.912. The third-order valence-corrected chi connectivity index (χ3v) is 4.29. The Labute approximate surface area is 141 Å². The number of hydrogen-bond acceptors (Lipinski definition) is 5. The predicted molar refractivity (Wildman–Crippen MR) is 88.0 cm³/mol. The molecular formula is C18H23NO5. The first-order valence-corrected chi connectivity index (χ1v) is 8.03. The van der Waals surface area contributed by atoms with Gasteiger partial charge in [-0.15, -0.1) is 0 Å². The highest BCUT2D eigenvalue weighted by atomic mass is 16.5. The van der Waals surface area contributed by atoms with E-state index >= 15 is 0 Å². The molecule has 1 aromatic rings. The van der Waals surface area contributed by atoms with E-state index in [1.54, 1.807) is 13.8 Å². The molecule has 1 aliphatic rings. The number of carbonyl (C=O) groups is 3. The molecule has 0 aromatic carbocycles. The number of allylic oxidation sites excluding steroid dienone is 2. The Hall–Kier alpha value is -2.37. The van der Waals surface area contributed by atoms with Crippen LogP contribution < -0.4 is 0 Å². The van der Waals surface area contributed by atoms with Crippen molar-refractivity contribution in [3.8, 4) is 0 Å². The van der Waals surface area contributed by atoms with Gasteiger partial charge >= 0.3 is 11.9 Å². The summed E-state index contributed by atoms with van der Waals surface area (Å²) in [5.41, 5.74) is 1.67. The zero-order chi connectivity index (χ0) is 17.9. The number of aromatic amines is 1. The van der Waals surface area contributed by atoms with Crippen molar-refractivity contribution < 1.29 is 23.9 Å². The normalized spacial score (nSPS) is 17.6. The van der Waals surface area contributed by atoms with Crippen molar-refractivity contribution in [3.63, 3.8) is 0 Å². The van der Waals surface area contributed by atoms with E-state index in [2.05, 4.69) is 4.98 Å². The monoisotopic (exact) mass is 333 g/mol. The van der Waals surface area contributed by atoms with Crippen LogP contribution in [0.5, 0.6) is 0 Å². The van der Waals surface area contributed by atoms with Crippen LogP contribution in [-0.4, -0.2) is 35.9 Å². The molecule has 2 rings (SSSR count). The molecule has 0 spiro atoms. The van der Waals surface area contributed by atoms with Gasteiger partial charge in [0.1, 0.15) is 0 Å². The lowest BCUT2D eigenvalue weighted by Gasteiger charge is -2.14. The Morgan fingerprint density at radius 2 is 2.04 bits per heavy atom. The van der Waals surface area contributed by atoms with Crippen molar-refractivity contribution in [2.24, 2.45) is 5.92 Å². The molecule has 24 heavy (non-hydrogen) atoms. The number of Topliss-reactive ketones (excluding diaryl/α,β-unsaturated/α-hetero) is 1. The summed E-state index contributed by atoms with van der Waals surface area (Å²) in [4.78, 5) is 39.2. The maximum absolute atomic E-state index is 12.5. The number of H-pyrrole nitrogens is 1. The summed E-state index contributed by atoms with van der Waals surface area (Å²) in [5.74, 6) is -1.05. The van der Waals surface area contributed by atoms with Crippen molar-refractivity contribution >= 4 is 17.7 Å². The topological polar surface area (TPSA) is 85.5 Å². The second-order valence-corrected chi connectivity index (χ2v) is 6.08. The molecule has 0 saturated heterocycles. The van der Waals surface area contributed by atoms with Gasteiger partial charge in [-0.3, -0.25) is 9.59 Å². The van der Waals surface area contributed by atoms with Gasteiger partial charge in [0, 0.05) is 5.69 Å². The van der Waals surface area contributed by atoms with Gasteiger partial charge < -0.3 is 14.5 Å².